The van der Waals surface area contributed by atoms with E-state index in [0.29, 0.717) is 11.3 Å². The van der Waals surface area contributed by atoms with Crippen molar-refractivity contribution >= 4 is 0 Å². The Hall–Kier alpha value is -0.820. The molecular weight excluding hydrogens is 206 g/mol. The minimum atomic E-state index is 0.436. The van der Waals surface area contributed by atoms with Gasteiger partial charge in [-0.05, 0) is 36.4 Å². The molecule has 0 aliphatic heterocycles. The third kappa shape index (κ3) is 2.55. The Morgan fingerprint density at radius 2 is 1.82 bits per heavy atom. The summed E-state index contributed by atoms with van der Waals surface area (Å²) in [7, 11) is 0. The van der Waals surface area contributed by atoms with Crippen LogP contribution < -0.4 is 5.32 Å². The molecule has 1 saturated carbocycles. The molecule has 1 aliphatic rings. The molecule has 1 aliphatic carbocycles. The zero-order valence-electron chi connectivity index (χ0n) is 11.4. The van der Waals surface area contributed by atoms with Crippen LogP contribution in [0.4, 0.5) is 0 Å². The summed E-state index contributed by atoms with van der Waals surface area (Å²) >= 11 is 0. The minimum Gasteiger partial charge on any atom is -0.316 e. The first-order valence-corrected chi connectivity index (χ1v) is 6.99. The van der Waals surface area contributed by atoms with Crippen LogP contribution >= 0.6 is 0 Å². The molecule has 94 valence electrons. The SMILES string of the molecule is CCNCC1(c2ccc(C(C)C)cc2)CCC1. The Bertz CT molecular complexity index is 346. The summed E-state index contributed by atoms with van der Waals surface area (Å²) < 4.78 is 0. The Labute approximate surface area is 106 Å². The topological polar surface area (TPSA) is 12.0 Å². The number of hydrogen-bond acceptors (Lipinski definition) is 1. The summed E-state index contributed by atoms with van der Waals surface area (Å²) in [4.78, 5) is 0. The molecule has 1 aromatic carbocycles. The van der Waals surface area contributed by atoms with E-state index in [1.807, 2.05) is 0 Å². The number of hydrogen-bond donors (Lipinski definition) is 1. The van der Waals surface area contributed by atoms with Gasteiger partial charge < -0.3 is 5.32 Å². The van der Waals surface area contributed by atoms with Crippen LogP contribution in [0.3, 0.4) is 0 Å². The van der Waals surface area contributed by atoms with Gasteiger partial charge in [0.25, 0.3) is 0 Å². The zero-order chi connectivity index (χ0) is 12.3. The van der Waals surface area contributed by atoms with Gasteiger partial charge in [-0.1, -0.05) is 51.5 Å². The van der Waals surface area contributed by atoms with Crippen LogP contribution in [-0.4, -0.2) is 13.1 Å². The summed E-state index contributed by atoms with van der Waals surface area (Å²) in [5, 5.41) is 3.53. The molecule has 0 bridgehead atoms. The van der Waals surface area contributed by atoms with Gasteiger partial charge in [0.2, 0.25) is 0 Å². The monoisotopic (exact) mass is 231 g/mol. The lowest BCUT2D eigenvalue weighted by atomic mass is 9.64. The van der Waals surface area contributed by atoms with E-state index in [1.165, 1.54) is 30.4 Å². The normalized spacial score (nSPS) is 18.1. The van der Waals surface area contributed by atoms with Gasteiger partial charge in [0.05, 0.1) is 0 Å². The lowest BCUT2D eigenvalue weighted by Gasteiger charge is -2.43. The maximum absolute atomic E-state index is 3.53. The molecule has 0 aromatic heterocycles. The molecule has 2 rings (SSSR count). The fraction of sp³-hybridized carbons (Fsp3) is 0.625. The number of nitrogens with one attached hydrogen (secondary N) is 1. The molecule has 17 heavy (non-hydrogen) atoms. The van der Waals surface area contributed by atoms with Crippen LogP contribution in [0.15, 0.2) is 24.3 Å². The van der Waals surface area contributed by atoms with E-state index in [2.05, 4.69) is 50.4 Å². The Kier molecular flexibility index (Phi) is 3.88. The molecule has 1 aromatic rings. The van der Waals surface area contributed by atoms with Crippen molar-refractivity contribution in [1.29, 1.82) is 0 Å². The van der Waals surface area contributed by atoms with Gasteiger partial charge in [0.1, 0.15) is 0 Å². The van der Waals surface area contributed by atoms with Crippen LogP contribution in [0.1, 0.15) is 57.1 Å². The van der Waals surface area contributed by atoms with Gasteiger partial charge in [-0.3, -0.25) is 0 Å². The van der Waals surface area contributed by atoms with E-state index in [0.717, 1.165) is 13.1 Å². The molecule has 0 saturated heterocycles. The average Bonchev–Trinajstić information content (AvgIpc) is 2.28. The van der Waals surface area contributed by atoms with Crippen molar-refractivity contribution < 1.29 is 0 Å². The highest BCUT2D eigenvalue weighted by atomic mass is 14.9. The Balaban J connectivity index is 2.14. The smallest absolute Gasteiger partial charge is 0.00778 e. The van der Waals surface area contributed by atoms with Gasteiger partial charge in [0.15, 0.2) is 0 Å². The molecule has 0 amide bonds. The van der Waals surface area contributed by atoms with Crippen LogP contribution in [-0.2, 0) is 5.41 Å². The lowest BCUT2D eigenvalue weighted by Crippen LogP contribution is -2.43. The van der Waals surface area contributed by atoms with Gasteiger partial charge in [-0.15, -0.1) is 0 Å². The Morgan fingerprint density at radius 3 is 2.24 bits per heavy atom. The van der Waals surface area contributed by atoms with Gasteiger partial charge in [0, 0.05) is 12.0 Å². The van der Waals surface area contributed by atoms with E-state index in [-0.39, 0.29) is 0 Å². The lowest BCUT2D eigenvalue weighted by molar-refractivity contribution is 0.235. The molecule has 1 heteroatoms. The van der Waals surface area contributed by atoms with Gasteiger partial charge >= 0.3 is 0 Å². The fourth-order valence-electron chi connectivity index (χ4n) is 2.76. The molecule has 1 nitrogen and oxygen atoms in total. The zero-order valence-corrected chi connectivity index (χ0v) is 11.4. The summed E-state index contributed by atoms with van der Waals surface area (Å²) in [5.74, 6) is 0.634. The van der Waals surface area contributed by atoms with Crippen molar-refractivity contribution in [2.45, 2.75) is 51.4 Å². The van der Waals surface area contributed by atoms with E-state index >= 15 is 0 Å². The second kappa shape index (κ2) is 5.22. The second-order valence-corrected chi connectivity index (χ2v) is 5.69. The van der Waals surface area contributed by atoms with Crippen molar-refractivity contribution in [2.75, 3.05) is 13.1 Å². The third-order valence-electron chi connectivity index (χ3n) is 4.21. The summed E-state index contributed by atoms with van der Waals surface area (Å²) in [6.45, 7) is 8.92. The molecule has 1 fully saturated rings. The highest BCUT2D eigenvalue weighted by Gasteiger charge is 2.37. The van der Waals surface area contributed by atoms with Crippen LogP contribution in [0.5, 0.6) is 0 Å². The first-order chi connectivity index (χ1) is 8.18. The molecule has 0 unspecified atom stereocenters. The standard InChI is InChI=1S/C16H25N/c1-4-17-12-16(10-5-11-16)15-8-6-14(7-9-15)13(2)3/h6-9,13,17H,4-5,10-12H2,1-3H3. The summed E-state index contributed by atoms with van der Waals surface area (Å²) in [5.41, 5.74) is 3.42. The molecule has 0 spiro atoms. The first-order valence-electron chi connectivity index (χ1n) is 6.99. The molecular formula is C16H25N. The van der Waals surface area contributed by atoms with Crippen molar-refractivity contribution in [3.05, 3.63) is 35.4 Å². The third-order valence-corrected chi connectivity index (χ3v) is 4.21. The number of rotatable bonds is 5. The molecule has 0 atom stereocenters. The second-order valence-electron chi connectivity index (χ2n) is 5.69. The average molecular weight is 231 g/mol. The molecule has 0 heterocycles. The summed E-state index contributed by atoms with van der Waals surface area (Å²) in [6.07, 6.45) is 4.08. The van der Waals surface area contributed by atoms with Crippen LogP contribution in [0.2, 0.25) is 0 Å². The quantitative estimate of drug-likeness (QED) is 0.812. The highest BCUT2D eigenvalue weighted by Crippen LogP contribution is 2.43. The van der Waals surface area contributed by atoms with Crippen molar-refractivity contribution in [3.63, 3.8) is 0 Å². The first kappa shape index (κ1) is 12.6. The maximum Gasteiger partial charge on any atom is 0.00778 e. The largest absolute Gasteiger partial charge is 0.316 e. The molecule has 0 radical (unpaired) electrons. The number of likely N-dealkylation sites (N-methyl/N-ethyl adjacent to an activating group) is 1. The van der Waals surface area contributed by atoms with Crippen LogP contribution in [0.25, 0.3) is 0 Å². The van der Waals surface area contributed by atoms with Crippen molar-refractivity contribution in [3.8, 4) is 0 Å². The van der Waals surface area contributed by atoms with E-state index in [1.54, 1.807) is 0 Å². The minimum absolute atomic E-state index is 0.436. The fourth-order valence-corrected chi connectivity index (χ4v) is 2.76. The van der Waals surface area contributed by atoms with Gasteiger partial charge in [-0.2, -0.15) is 0 Å². The maximum atomic E-state index is 3.53. The Morgan fingerprint density at radius 1 is 1.18 bits per heavy atom. The van der Waals surface area contributed by atoms with Crippen molar-refractivity contribution in [2.24, 2.45) is 0 Å². The predicted molar refractivity (Wildman–Crippen MR) is 74.6 cm³/mol. The van der Waals surface area contributed by atoms with Gasteiger partial charge in [-0.25, -0.2) is 0 Å². The predicted octanol–water partition coefficient (Wildman–Crippen LogP) is 3.84. The van der Waals surface area contributed by atoms with Crippen molar-refractivity contribution in [1.82, 2.24) is 5.32 Å². The highest BCUT2D eigenvalue weighted by molar-refractivity contribution is 5.32. The molecule has 1 N–H and O–H groups in total. The van der Waals surface area contributed by atoms with E-state index < -0.39 is 0 Å². The van der Waals surface area contributed by atoms with Crippen LogP contribution in [0, 0.1) is 0 Å². The van der Waals surface area contributed by atoms with E-state index in [4.69, 9.17) is 0 Å². The summed E-state index contributed by atoms with van der Waals surface area (Å²) in [6, 6.07) is 9.33. The van der Waals surface area contributed by atoms with E-state index in [9.17, 15) is 0 Å². The number of benzene rings is 1.